The van der Waals surface area contributed by atoms with Crippen molar-refractivity contribution in [2.24, 2.45) is 5.73 Å². The quantitative estimate of drug-likeness (QED) is 0.606. The maximum Gasteiger partial charge on any atom is 0.182 e. The third kappa shape index (κ3) is 3.98. The van der Waals surface area contributed by atoms with Crippen molar-refractivity contribution < 1.29 is 9.53 Å². The highest BCUT2D eigenvalue weighted by Crippen LogP contribution is 2.28. The van der Waals surface area contributed by atoms with Crippen LogP contribution in [0.4, 0.5) is 11.4 Å². The number of methoxy groups -OCH3 is 1. The summed E-state index contributed by atoms with van der Waals surface area (Å²) >= 11 is 0. The maximum atomic E-state index is 12.5. The number of benzene rings is 2. The SMILES string of the molecule is COc1ccccc1N1CCN(CC(N)C(=O)c2ccccc2N)CC1. The number of para-hydroxylation sites is 3. The molecule has 0 aliphatic carbocycles. The normalized spacial score (nSPS) is 16.3. The van der Waals surface area contributed by atoms with E-state index in [0.717, 1.165) is 37.6 Å². The molecule has 0 saturated carbocycles. The van der Waals surface area contributed by atoms with Gasteiger partial charge < -0.3 is 21.1 Å². The third-order valence-electron chi connectivity index (χ3n) is 4.82. The van der Waals surface area contributed by atoms with Gasteiger partial charge in [-0.2, -0.15) is 0 Å². The first-order valence-corrected chi connectivity index (χ1v) is 8.84. The molecular weight excluding hydrogens is 328 g/mol. The summed E-state index contributed by atoms with van der Waals surface area (Å²) in [5, 5.41) is 0. The number of nitrogens with two attached hydrogens (primary N) is 2. The van der Waals surface area contributed by atoms with Crippen LogP contribution < -0.4 is 21.1 Å². The van der Waals surface area contributed by atoms with E-state index >= 15 is 0 Å². The van der Waals surface area contributed by atoms with Crippen LogP contribution in [-0.4, -0.2) is 56.6 Å². The van der Waals surface area contributed by atoms with E-state index in [1.807, 2.05) is 30.3 Å². The van der Waals surface area contributed by atoms with Gasteiger partial charge in [0.1, 0.15) is 5.75 Å². The molecule has 1 fully saturated rings. The smallest absolute Gasteiger partial charge is 0.182 e. The summed E-state index contributed by atoms with van der Waals surface area (Å²) < 4.78 is 5.45. The van der Waals surface area contributed by atoms with E-state index in [9.17, 15) is 4.79 Å². The van der Waals surface area contributed by atoms with Crippen LogP contribution in [0, 0.1) is 0 Å². The average Bonchev–Trinajstić information content (AvgIpc) is 2.68. The van der Waals surface area contributed by atoms with Crippen LogP contribution in [0.2, 0.25) is 0 Å². The average molecular weight is 354 g/mol. The van der Waals surface area contributed by atoms with Crippen molar-refractivity contribution in [2.45, 2.75) is 6.04 Å². The molecule has 2 aromatic rings. The molecule has 0 bridgehead atoms. The lowest BCUT2D eigenvalue weighted by Crippen LogP contribution is -2.51. The second kappa shape index (κ2) is 8.21. The Labute approximate surface area is 154 Å². The van der Waals surface area contributed by atoms with Gasteiger partial charge in [-0.1, -0.05) is 24.3 Å². The Morgan fingerprint density at radius 3 is 2.42 bits per heavy atom. The van der Waals surface area contributed by atoms with E-state index in [1.165, 1.54) is 0 Å². The Kier molecular flexibility index (Phi) is 5.75. The number of nitrogens with zero attached hydrogens (tertiary/aromatic N) is 2. The molecule has 0 aromatic heterocycles. The van der Waals surface area contributed by atoms with Crippen LogP contribution in [0.3, 0.4) is 0 Å². The maximum absolute atomic E-state index is 12.5. The van der Waals surface area contributed by atoms with E-state index in [4.69, 9.17) is 16.2 Å². The van der Waals surface area contributed by atoms with Crippen molar-refractivity contribution >= 4 is 17.2 Å². The molecule has 1 saturated heterocycles. The number of ether oxygens (including phenoxy) is 1. The summed E-state index contributed by atoms with van der Waals surface area (Å²) in [6.45, 7) is 3.98. The molecule has 138 valence electrons. The number of Topliss-reactive ketones (excluding diaryl/α,β-unsaturated/α-hetero) is 1. The van der Waals surface area contributed by atoms with Gasteiger partial charge in [-0.25, -0.2) is 0 Å². The number of rotatable bonds is 6. The summed E-state index contributed by atoms with van der Waals surface area (Å²) in [6.07, 6.45) is 0. The lowest BCUT2D eigenvalue weighted by molar-refractivity contribution is 0.0935. The fraction of sp³-hybridized carbons (Fsp3) is 0.350. The van der Waals surface area contributed by atoms with Crippen LogP contribution in [0.5, 0.6) is 5.75 Å². The zero-order valence-electron chi connectivity index (χ0n) is 15.1. The molecule has 1 heterocycles. The van der Waals surface area contributed by atoms with Gasteiger partial charge in [-0.3, -0.25) is 9.69 Å². The number of hydrogen-bond donors (Lipinski definition) is 2. The van der Waals surface area contributed by atoms with Gasteiger partial charge >= 0.3 is 0 Å². The van der Waals surface area contributed by atoms with Gasteiger partial charge in [0.2, 0.25) is 0 Å². The van der Waals surface area contributed by atoms with Gasteiger partial charge in [0.05, 0.1) is 18.8 Å². The topological polar surface area (TPSA) is 84.8 Å². The van der Waals surface area contributed by atoms with E-state index in [0.29, 0.717) is 17.8 Å². The predicted molar refractivity (Wildman–Crippen MR) is 105 cm³/mol. The van der Waals surface area contributed by atoms with Crippen molar-refractivity contribution in [3.63, 3.8) is 0 Å². The Balaban J connectivity index is 1.57. The van der Waals surface area contributed by atoms with Crippen molar-refractivity contribution in [1.29, 1.82) is 0 Å². The van der Waals surface area contributed by atoms with Crippen molar-refractivity contribution in [3.05, 3.63) is 54.1 Å². The summed E-state index contributed by atoms with van der Waals surface area (Å²) in [6, 6.07) is 14.5. The molecule has 26 heavy (non-hydrogen) atoms. The van der Waals surface area contributed by atoms with Gasteiger partial charge in [0.15, 0.2) is 5.78 Å². The first kappa shape index (κ1) is 18.2. The molecule has 2 aromatic carbocycles. The summed E-state index contributed by atoms with van der Waals surface area (Å²) in [7, 11) is 1.69. The number of hydrogen-bond acceptors (Lipinski definition) is 6. The first-order chi connectivity index (χ1) is 12.6. The highest BCUT2D eigenvalue weighted by Gasteiger charge is 2.24. The zero-order valence-corrected chi connectivity index (χ0v) is 15.1. The minimum Gasteiger partial charge on any atom is -0.495 e. The molecule has 1 aliphatic rings. The Bertz CT molecular complexity index is 757. The number of ketones is 1. The van der Waals surface area contributed by atoms with Crippen molar-refractivity contribution in [2.75, 3.05) is 50.5 Å². The molecule has 0 radical (unpaired) electrons. The molecule has 6 heteroatoms. The van der Waals surface area contributed by atoms with Gasteiger partial charge in [0, 0.05) is 44.0 Å². The number of carbonyl (C=O) groups excluding carboxylic acids is 1. The first-order valence-electron chi connectivity index (χ1n) is 8.84. The molecule has 1 unspecified atom stereocenters. The number of carbonyl (C=O) groups is 1. The zero-order chi connectivity index (χ0) is 18.5. The van der Waals surface area contributed by atoms with Crippen LogP contribution in [0.1, 0.15) is 10.4 Å². The van der Waals surface area contributed by atoms with E-state index < -0.39 is 6.04 Å². The summed E-state index contributed by atoms with van der Waals surface area (Å²) in [5.74, 6) is 0.780. The van der Waals surface area contributed by atoms with Crippen LogP contribution >= 0.6 is 0 Å². The van der Waals surface area contributed by atoms with E-state index in [-0.39, 0.29) is 5.78 Å². The summed E-state index contributed by atoms with van der Waals surface area (Å²) in [5.41, 5.74) is 14.1. The largest absolute Gasteiger partial charge is 0.495 e. The molecule has 1 aliphatic heterocycles. The molecule has 3 rings (SSSR count). The number of nitrogen functional groups attached to an aromatic ring is 1. The molecule has 6 nitrogen and oxygen atoms in total. The van der Waals surface area contributed by atoms with Crippen LogP contribution in [0.25, 0.3) is 0 Å². The van der Waals surface area contributed by atoms with E-state index in [2.05, 4.69) is 15.9 Å². The Hall–Kier alpha value is -2.57. The minimum absolute atomic E-state index is 0.102. The Morgan fingerprint density at radius 1 is 1.08 bits per heavy atom. The standard InChI is InChI=1S/C20H26N4O2/c1-26-19-9-5-4-8-18(19)24-12-10-23(11-13-24)14-17(22)20(25)15-6-2-3-7-16(15)21/h2-9,17H,10-14,21-22H2,1H3. The highest BCUT2D eigenvalue weighted by atomic mass is 16.5. The molecule has 1 atom stereocenters. The second-order valence-electron chi connectivity index (χ2n) is 6.52. The summed E-state index contributed by atoms with van der Waals surface area (Å²) in [4.78, 5) is 17.1. The molecule has 4 N–H and O–H groups in total. The monoisotopic (exact) mass is 354 g/mol. The molecule has 0 amide bonds. The van der Waals surface area contributed by atoms with Crippen LogP contribution in [0.15, 0.2) is 48.5 Å². The lowest BCUT2D eigenvalue weighted by atomic mass is 10.0. The number of anilines is 2. The fourth-order valence-corrected chi connectivity index (χ4v) is 3.34. The second-order valence-corrected chi connectivity index (χ2v) is 6.52. The van der Waals surface area contributed by atoms with Gasteiger partial charge in [-0.15, -0.1) is 0 Å². The van der Waals surface area contributed by atoms with Gasteiger partial charge in [-0.05, 0) is 24.3 Å². The fourth-order valence-electron chi connectivity index (χ4n) is 3.34. The predicted octanol–water partition coefficient (Wildman–Crippen LogP) is 1.61. The minimum atomic E-state index is -0.572. The third-order valence-corrected chi connectivity index (χ3v) is 4.82. The van der Waals surface area contributed by atoms with Crippen molar-refractivity contribution in [3.8, 4) is 5.75 Å². The number of piperazine rings is 1. The highest BCUT2D eigenvalue weighted by molar-refractivity contribution is 6.04. The molecule has 0 spiro atoms. The molecular formula is C20H26N4O2. The van der Waals surface area contributed by atoms with Crippen LogP contribution in [-0.2, 0) is 0 Å². The van der Waals surface area contributed by atoms with Crippen molar-refractivity contribution in [1.82, 2.24) is 4.90 Å². The van der Waals surface area contributed by atoms with E-state index in [1.54, 1.807) is 19.2 Å². The lowest BCUT2D eigenvalue weighted by Gasteiger charge is -2.37. The van der Waals surface area contributed by atoms with Gasteiger partial charge in [0.25, 0.3) is 0 Å². The Morgan fingerprint density at radius 2 is 1.73 bits per heavy atom.